The van der Waals surface area contributed by atoms with Crippen LogP contribution in [0, 0.1) is 0 Å². The lowest BCUT2D eigenvalue weighted by atomic mass is 9.99. The molecule has 1 aromatic rings. The summed E-state index contributed by atoms with van der Waals surface area (Å²) in [6.45, 7) is 4.42. The van der Waals surface area contributed by atoms with Gasteiger partial charge in [-0.3, -0.25) is 9.59 Å². The average Bonchev–Trinajstić information content (AvgIpc) is 2.46. The second-order valence-corrected chi connectivity index (χ2v) is 4.56. The highest BCUT2D eigenvalue weighted by molar-refractivity contribution is 5.83. The van der Waals surface area contributed by atoms with Crippen molar-refractivity contribution in [3.63, 3.8) is 0 Å². The number of carbonyl (C=O) groups is 2. The smallest absolute Gasteiger partial charge is 0.305 e. The number of benzene rings is 1. The summed E-state index contributed by atoms with van der Waals surface area (Å²) in [5.74, 6) is -0.506. The molecule has 0 spiro atoms. The maximum absolute atomic E-state index is 12.3. The van der Waals surface area contributed by atoms with Gasteiger partial charge in [0.2, 0.25) is 5.91 Å². The topological polar surface area (TPSA) is 66.8 Å². The van der Waals surface area contributed by atoms with E-state index in [0.717, 1.165) is 11.3 Å². The van der Waals surface area contributed by atoms with Gasteiger partial charge in [0.25, 0.3) is 0 Å². The molecule has 0 saturated heterocycles. The molecule has 0 fully saturated rings. The van der Waals surface area contributed by atoms with Crippen LogP contribution in [0.15, 0.2) is 24.3 Å². The number of hydrogen-bond donors (Lipinski definition) is 1. The Morgan fingerprint density at radius 3 is 2.35 bits per heavy atom. The molecule has 1 amide bonds. The zero-order valence-electron chi connectivity index (χ0n) is 12.1. The van der Waals surface area contributed by atoms with Gasteiger partial charge >= 0.3 is 5.97 Å². The molecule has 1 unspecified atom stereocenters. The van der Waals surface area contributed by atoms with Crippen molar-refractivity contribution in [1.29, 1.82) is 0 Å². The summed E-state index contributed by atoms with van der Waals surface area (Å²) in [7, 11) is 1.59. The molecule has 20 heavy (non-hydrogen) atoms. The summed E-state index contributed by atoms with van der Waals surface area (Å²) in [6.07, 6.45) is -0.0328. The largest absolute Gasteiger partial charge is 0.497 e. The van der Waals surface area contributed by atoms with E-state index in [1.54, 1.807) is 12.0 Å². The molecular weight excluding hydrogens is 258 g/mol. The second kappa shape index (κ2) is 7.53. The third-order valence-electron chi connectivity index (χ3n) is 3.28. The molecule has 5 nitrogen and oxygen atoms in total. The van der Waals surface area contributed by atoms with Crippen LogP contribution >= 0.6 is 0 Å². The normalized spacial score (nSPS) is 11.8. The van der Waals surface area contributed by atoms with Crippen LogP contribution in [0.4, 0.5) is 0 Å². The van der Waals surface area contributed by atoms with Gasteiger partial charge in [0.1, 0.15) is 5.75 Å². The quantitative estimate of drug-likeness (QED) is 0.830. The molecule has 1 rings (SSSR count). The van der Waals surface area contributed by atoms with Gasteiger partial charge in [0.15, 0.2) is 0 Å². The first-order valence-electron chi connectivity index (χ1n) is 6.64. The third-order valence-corrected chi connectivity index (χ3v) is 3.28. The predicted octanol–water partition coefficient (Wildman–Crippen LogP) is 2.12. The Bertz CT molecular complexity index is 455. The summed E-state index contributed by atoms with van der Waals surface area (Å²) >= 11 is 0. The fraction of sp³-hybridized carbons (Fsp3) is 0.467. The number of methoxy groups -OCH3 is 1. The van der Waals surface area contributed by atoms with E-state index < -0.39 is 5.97 Å². The summed E-state index contributed by atoms with van der Waals surface area (Å²) < 4.78 is 5.08. The molecule has 0 aliphatic rings. The molecule has 1 aromatic carbocycles. The molecule has 0 bridgehead atoms. The van der Waals surface area contributed by atoms with Crippen LogP contribution in [0.5, 0.6) is 5.75 Å². The van der Waals surface area contributed by atoms with E-state index in [1.807, 2.05) is 38.1 Å². The van der Waals surface area contributed by atoms with Gasteiger partial charge in [0, 0.05) is 13.1 Å². The van der Waals surface area contributed by atoms with Gasteiger partial charge in [0.05, 0.1) is 19.4 Å². The van der Waals surface area contributed by atoms with E-state index in [4.69, 9.17) is 9.84 Å². The Hall–Kier alpha value is -2.04. The number of carbonyl (C=O) groups excluding carboxylic acids is 1. The highest BCUT2D eigenvalue weighted by atomic mass is 16.5. The fourth-order valence-electron chi connectivity index (χ4n) is 1.96. The molecule has 5 heteroatoms. The Labute approximate surface area is 119 Å². The van der Waals surface area contributed by atoms with Gasteiger partial charge in [-0.25, -0.2) is 0 Å². The van der Waals surface area contributed by atoms with Crippen LogP contribution in [-0.2, 0) is 9.59 Å². The number of aliphatic carboxylic acids is 1. The number of likely N-dealkylation sites (N-methyl/N-ethyl adjacent to an activating group) is 1. The number of rotatable bonds is 7. The van der Waals surface area contributed by atoms with E-state index in [2.05, 4.69) is 0 Å². The van der Waals surface area contributed by atoms with Crippen molar-refractivity contribution >= 4 is 11.9 Å². The summed E-state index contributed by atoms with van der Waals surface area (Å²) in [6, 6.07) is 7.33. The van der Waals surface area contributed by atoms with Gasteiger partial charge in [-0.2, -0.15) is 0 Å². The van der Waals surface area contributed by atoms with Crippen LogP contribution in [0.25, 0.3) is 0 Å². The van der Waals surface area contributed by atoms with Crippen molar-refractivity contribution in [2.24, 2.45) is 0 Å². The lowest BCUT2D eigenvalue weighted by Crippen LogP contribution is -2.35. The first kappa shape index (κ1) is 16.0. The zero-order valence-corrected chi connectivity index (χ0v) is 12.1. The van der Waals surface area contributed by atoms with Gasteiger partial charge < -0.3 is 14.7 Å². The van der Waals surface area contributed by atoms with E-state index in [-0.39, 0.29) is 24.8 Å². The molecular formula is C15H21NO4. The SMILES string of the molecule is CCN(CCC(=O)O)C(=O)C(C)c1ccc(OC)cc1. The number of hydrogen-bond acceptors (Lipinski definition) is 3. The predicted molar refractivity (Wildman–Crippen MR) is 75.9 cm³/mol. The van der Waals surface area contributed by atoms with Gasteiger partial charge in [-0.15, -0.1) is 0 Å². The molecule has 0 saturated carbocycles. The molecule has 1 atom stereocenters. The van der Waals surface area contributed by atoms with Crippen molar-refractivity contribution in [3.05, 3.63) is 29.8 Å². The first-order chi connectivity index (χ1) is 9.49. The number of nitrogens with zero attached hydrogens (tertiary/aromatic N) is 1. The Kier molecular flexibility index (Phi) is 6.03. The maximum atomic E-state index is 12.3. The minimum absolute atomic E-state index is 0.0328. The summed E-state index contributed by atoms with van der Waals surface area (Å²) in [5, 5.41) is 8.70. The highest BCUT2D eigenvalue weighted by Crippen LogP contribution is 2.21. The molecule has 110 valence electrons. The Morgan fingerprint density at radius 2 is 1.90 bits per heavy atom. The minimum atomic E-state index is -0.895. The third kappa shape index (κ3) is 4.26. The summed E-state index contributed by atoms with van der Waals surface area (Å²) in [4.78, 5) is 24.5. The van der Waals surface area contributed by atoms with E-state index >= 15 is 0 Å². The molecule has 0 radical (unpaired) electrons. The summed E-state index contributed by atoms with van der Waals surface area (Å²) in [5.41, 5.74) is 0.893. The maximum Gasteiger partial charge on any atom is 0.305 e. The second-order valence-electron chi connectivity index (χ2n) is 4.56. The van der Waals surface area contributed by atoms with Crippen LogP contribution in [-0.4, -0.2) is 42.1 Å². The van der Waals surface area contributed by atoms with Crippen LogP contribution < -0.4 is 4.74 Å². The Balaban J connectivity index is 2.74. The van der Waals surface area contributed by atoms with E-state index in [1.165, 1.54) is 0 Å². The lowest BCUT2D eigenvalue weighted by molar-refractivity contribution is -0.138. The standard InChI is InChI=1S/C15H21NO4/c1-4-16(10-9-14(17)18)15(19)11(2)12-5-7-13(20-3)8-6-12/h5-8,11H,4,9-10H2,1-3H3,(H,17,18). The number of amides is 1. The van der Waals surface area contributed by atoms with Crippen LogP contribution in [0.1, 0.15) is 31.7 Å². The molecule has 1 N–H and O–H groups in total. The monoisotopic (exact) mass is 279 g/mol. The van der Waals surface area contributed by atoms with Crippen molar-refractivity contribution in [2.75, 3.05) is 20.2 Å². The van der Waals surface area contributed by atoms with E-state index in [0.29, 0.717) is 6.54 Å². The highest BCUT2D eigenvalue weighted by Gasteiger charge is 2.21. The lowest BCUT2D eigenvalue weighted by Gasteiger charge is -2.24. The fourth-order valence-corrected chi connectivity index (χ4v) is 1.96. The minimum Gasteiger partial charge on any atom is -0.497 e. The van der Waals surface area contributed by atoms with Crippen molar-refractivity contribution < 1.29 is 19.4 Å². The molecule has 0 heterocycles. The molecule has 0 aliphatic carbocycles. The van der Waals surface area contributed by atoms with Crippen LogP contribution in [0.2, 0.25) is 0 Å². The van der Waals surface area contributed by atoms with Crippen LogP contribution in [0.3, 0.4) is 0 Å². The average molecular weight is 279 g/mol. The van der Waals surface area contributed by atoms with Crippen molar-refractivity contribution in [2.45, 2.75) is 26.2 Å². The Morgan fingerprint density at radius 1 is 1.30 bits per heavy atom. The van der Waals surface area contributed by atoms with Gasteiger partial charge in [-0.05, 0) is 31.5 Å². The van der Waals surface area contributed by atoms with Gasteiger partial charge in [-0.1, -0.05) is 12.1 Å². The van der Waals surface area contributed by atoms with Crippen molar-refractivity contribution in [1.82, 2.24) is 4.90 Å². The molecule has 0 aromatic heterocycles. The number of carboxylic acids is 1. The van der Waals surface area contributed by atoms with E-state index in [9.17, 15) is 9.59 Å². The zero-order chi connectivity index (χ0) is 15.1. The number of ether oxygens (including phenoxy) is 1. The van der Waals surface area contributed by atoms with Crippen molar-refractivity contribution in [3.8, 4) is 5.75 Å². The molecule has 0 aliphatic heterocycles. The first-order valence-corrected chi connectivity index (χ1v) is 6.64. The number of carboxylic acid groups (broad SMARTS) is 1.